The second kappa shape index (κ2) is 17.4. The molecule has 7 atom stereocenters. The average Bonchev–Trinajstić information content (AvgIpc) is 3.78. The van der Waals surface area contributed by atoms with Crippen molar-refractivity contribution >= 4 is 29.5 Å². The van der Waals surface area contributed by atoms with Gasteiger partial charge < -0.3 is 36.6 Å². The molecule has 0 saturated carbocycles. The molecule has 12 nitrogen and oxygen atoms in total. The quantitative estimate of drug-likeness (QED) is 0.201. The zero-order valence-electron chi connectivity index (χ0n) is 29.0. The number of nitrogens with zero attached hydrogens (tertiary/aromatic N) is 2. The van der Waals surface area contributed by atoms with Crippen LogP contribution in [0.1, 0.15) is 64.5 Å². The summed E-state index contributed by atoms with van der Waals surface area (Å²) in [5, 5.41) is 18.7. The second-order valence-electron chi connectivity index (χ2n) is 13.7. The first-order chi connectivity index (χ1) is 23.4. The fraction of sp³-hybridized carbons (Fsp3) is 0.541. The molecule has 2 aliphatic heterocycles. The maximum Gasteiger partial charge on any atom is 0.245 e. The summed E-state index contributed by atoms with van der Waals surface area (Å²) in [5.74, 6) is -2.42. The summed E-state index contributed by atoms with van der Waals surface area (Å²) in [6.45, 7) is 7.62. The topological polar surface area (TPSA) is 174 Å². The standard InChI is InChI=1S/C37H52N6O6/c1-23(2)32(41-33(45)28(38)21-26-13-7-5-8-14-26)35(47)39-24(3)36(48)43-20-12-18-31(43)34(46)40-29(22-27-15-9-6-10-16-27)37(49)42-19-11-17-30(42)25(4)44/h5-10,13-16,23-25,28-32,44H,11-12,17-22,38H2,1-4H3,(H,39,47)(H,40,46)(H,41,45)/t24-,25+,28-,29-,30?,31-,32-/m0/s1. The number of rotatable bonds is 14. The molecule has 0 aliphatic carbocycles. The molecule has 12 heteroatoms. The van der Waals surface area contributed by atoms with Crippen LogP contribution in [-0.4, -0.2) is 99.9 Å². The van der Waals surface area contributed by atoms with E-state index in [1.807, 2.05) is 60.7 Å². The number of nitrogens with two attached hydrogens (primary N) is 1. The van der Waals surface area contributed by atoms with Gasteiger partial charge in [0, 0.05) is 19.5 Å². The van der Waals surface area contributed by atoms with E-state index in [1.165, 1.54) is 4.90 Å². The van der Waals surface area contributed by atoms with Crippen LogP contribution in [0.4, 0.5) is 0 Å². The van der Waals surface area contributed by atoms with Gasteiger partial charge in [0.1, 0.15) is 24.2 Å². The van der Waals surface area contributed by atoms with Gasteiger partial charge in [0.05, 0.1) is 18.2 Å². The van der Waals surface area contributed by atoms with E-state index in [2.05, 4.69) is 16.0 Å². The number of amides is 5. The maximum absolute atomic E-state index is 13.8. The molecule has 2 aliphatic rings. The first-order valence-corrected chi connectivity index (χ1v) is 17.4. The highest BCUT2D eigenvalue weighted by Gasteiger charge is 2.41. The fourth-order valence-electron chi connectivity index (χ4n) is 6.76. The Kier molecular flexibility index (Phi) is 13.3. The Bertz CT molecular complexity index is 1440. The molecule has 2 aromatic rings. The van der Waals surface area contributed by atoms with Crippen molar-refractivity contribution in [2.45, 2.75) is 109 Å². The summed E-state index contributed by atoms with van der Waals surface area (Å²) in [6, 6.07) is 14.0. The lowest BCUT2D eigenvalue weighted by atomic mass is 10.0. The number of likely N-dealkylation sites (tertiary alicyclic amines) is 2. The molecule has 2 heterocycles. The molecule has 4 rings (SSSR count). The van der Waals surface area contributed by atoms with Gasteiger partial charge >= 0.3 is 0 Å². The van der Waals surface area contributed by atoms with Crippen molar-refractivity contribution in [1.82, 2.24) is 25.8 Å². The normalized spacial score (nSPS) is 20.6. The summed E-state index contributed by atoms with van der Waals surface area (Å²) < 4.78 is 0. The lowest BCUT2D eigenvalue weighted by molar-refractivity contribution is -0.143. The van der Waals surface area contributed by atoms with E-state index in [0.717, 1.165) is 17.5 Å². The number of hydrogen-bond acceptors (Lipinski definition) is 7. The molecule has 6 N–H and O–H groups in total. The van der Waals surface area contributed by atoms with E-state index in [4.69, 9.17) is 5.73 Å². The Morgan fingerprint density at radius 3 is 1.92 bits per heavy atom. The molecule has 2 saturated heterocycles. The minimum atomic E-state index is -0.977. The van der Waals surface area contributed by atoms with E-state index >= 15 is 0 Å². The minimum Gasteiger partial charge on any atom is -0.391 e. The summed E-state index contributed by atoms with van der Waals surface area (Å²) >= 11 is 0. The van der Waals surface area contributed by atoms with Gasteiger partial charge in [-0.2, -0.15) is 0 Å². The van der Waals surface area contributed by atoms with Crippen LogP contribution in [0.5, 0.6) is 0 Å². The molecule has 2 fully saturated rings. The molecule has 49 heavy (non-hydrogen) atoms. The highest BCUT2D eigenvalue weighted by Crippen LogP contribution is 2.23. The van der Waals surface area contributed by atoms with Crippen molar-refractivity contribution in [3.05, 3.63) is 71.8 Å². The number of hydrogen-bond donors (Lipinski definition) is 5. The van der Waals surface area contributed by atoms with Crippen LogP contribution in [0.25, 0.3) is 0 Å². The van der Waals surface area contributed by atoms with Crippen LogP contribution in [0.2, 0.25) is 0 Å². The molecule has 5 amide bonds. The smallest absolute Gasteiger partial charge is 0.245 e. The number of aliphatic hydroxyl groups is 1. The van der Waals surface area contributed by atoms with Crippen molar-refractivity contribution in [3.63, 3.8) is 0 Å². The second-order valence-corrected chi connectivity index (χ2v) is 13.7. The van der Waals surface area contributed by atoms with Crippen molar-refractivity contribution in [1.29, 1.82) is 0 Å². The summed E-state index contributed by atoms with van der Waals surface area (Å²) in [4.78, 5) is 70.7. The van der Waals surface area contributed by atoms with Gasteiger partial charge in [-0.05, 0) is 63.0 Å². The van der Waals surface area contributed by atoms with Crippen molar-refractivity contribution in [2.24, 2.45) is 11.7 Å². The van der Waals surface area contributed by atoms with Crippen molar-refractivity contribution in [3.8, 4) is 0 Å². The van der Waals surface area contributed by atoms with Gasteiger partial charge in [-0.15, -0.1) is 0 Å². The van der Waals surface area contributed by atoms with Crippen LogP contribution in [-0.2, 0) is 36.8 Å². The highest BCUT2D eigenvalue weighted by molar-refractivity contribution is 5.96. The zero-order chi connectivity index (χ0) is 35.7. The number of aliphatic hydroxyl groups excluding tert-OH is 1. The first kappa shape index (κ1) is 37.5. The molecule has 1 unspecified atom stereocenters. The molecule has 2 aromatic carbocycles. The molecule has 0 bridgehead atoms. The van der Waals surface area contributed by atoms with Crippen LogP contribution >= 0.6 is 0 Å². The van der Waals surface area contributed by atoms with E-state index in [1.54, 1.807) is 32.6 Å². The summed E-state index contributed by atoms with van der Waals surface area (Å²) in [5.41, 5.74) is 7.92. The van der Waals surface area contributed by atoms with Crippen LogP contribution in [0, 0.1) is 5.92 Å². The fourth-order valence-corrected chi connectivity index (χ4v) is 6.76. The SMILES string of the molecule is CC(C)[C@H](NC(=O)[C@@H](N)Cc1ccccc1)C(=O)N[C@@H](C)C(=O)N1CCC[C@H]1C(=O)N[C@@H](Cc1ccccc1)C(=O)N1CCCC1[C@@H](C)O. The average molecular weight is 677 g/mol. The molecule has 266 valence electrons. The third-order valence-electron chi connectivity index (χ3n) is 9.49. The summed E-state index contributed by atoms with van der Waals surface area (Å²) in [7, 11) is 0. The Morgan fingerprint density at radius 2 is 1.33 bits per heavy atom. The maximum atomic E-state index is 13.8. The predicted octanol–water partition coefficient (Wildman–Crippen LogP) is 1.29. The molecule has 0 aromatic heterocycles. The van der Waals surface area contributed by atoms with Gasteiger partial charge in [-0.1, -0.05) is 74.5 Å². The Labute approximate surface area is 289 Å². The lowest BCUT2D eigenvalue weighted by Crippen LogP contribution is -2.59. The van der Waals surface area contributed by atoms with Gasteiger partial charge in [0.2, 0.25) is 29.5 Å². The number of carbonyl (C=O) groups excluding carboxylic acids is 5. The van der Waals surface area contributed by atoms with Gasteiger partial charge in [0.25, 0.3) is 0 Å². The van der Waals surface area contributed by atoms with E-state index < -0.39 is 59.9 Å². The van der Waals surface area contributed by atoms with E-state index in [0.29, 0.717) is 38.8 Å². The minimum absolute atomic E-state index is 0.262. The number of carbonyl (C=O) groups is 5. The van der Waals surface area contributed by atoms with Gasteiger partial charge in [-0.3, -0.25) is 24.0 Å². The third-order valence-corrected chi connectivity index (χ3v) is 9.49. The monoisotopic (exact) mass is 676 g/mol. The first-order valence-electron chi connectivity index (χ1n) is 17.4. The number of benzene rings is 2. The molecular weight excluding hydrogens is 624 g/mol. The summed E-state index contributed by atoms with van der Waals surface area (Å²) in [6.07, 6.45) is 2.32. The zero-order valence-corrected chi connectivity index (χ0v) is 29.0. The lowest BCUT2D eigenvalue weighted by Gasteiger charge is -2.33. The van der Waals surface area contributed by atoms with Crippen molar-refractivity contribution < 1.29 is 29.1 Å². The van der Waals surface area contributed by atoms with Gasteiger partial charge in [-0.25, -0.2) is 0 Å². The van der Waals surface area contributed by atoms with Crippen LogP contribution < -0.4 is 21.7 Å². The molecule has 0 spiro atoms. The highest BCUT2D eigenvalue weighted by atomic mass is 16.3. The van der Waals surface area contributed by atoms with Crippen molar-refractivity contribution in [2.75, 3.05) is 13.1 Å². The molecule has 0 radical (unpaired) electrons. The van der Waals surface area contributed by atoms with Crippen LogP contribution in [0.3, 0.4) is 0 Å². The Balaban J connectivity index is 1.40. The van der Waals surface area contributed by atoms with Gasteiger partial charge in [0.15, 0.2) is 0 Å². The largest absolute Gasteiger partial charge is 0.391 e. The van der Waals surface area contributed by atoms with E-state index in [-0.39, 0.29) is 24.3 Å². The predicted molar refractivity (Wildman–Crippen MR) is 186 cm³/mol. The Morgan fingerprint density at radius 1 is 0.755 bits per heavy atom. The molecular formula is C37H52N6O6. The third kappa shape index (κ3) is 9.88. The van der Waals surface area contributed by atoms with Crippen LogP contribution in [0.15, 0.2) is 60.7 Å². The van der Waals surface area contributed by atoms with E-state index in [9.17, 15) is 29.1 Å². The number of nitrogens with one attached hydrogen (secondary N) is 3. The Hall–Kier alpha value is -4.29.